The summed E-state index contributed by atoms with van der Waals surface area (Å²) in [7, 11) is 0. The highest BCUT2D eigenvalue weighted by molar-refractivity contribution is 7.25. The van der Waals surface area contributed by atoms with Gasteiger partial charge in [-0.3, -0.25) is 0 Å². The Balaban J connectivity index is 1.06. The molecule has 0 atom stereocenters. The van der Waals surface area contributed by atoms with Crippen molar-refractivity contribution in [3.63, 3.8) is 0 Å². The quantitative estimate of drug-likeness (QED) is 0.170. The smallest absolute Gasteiger partial charge is 0.143 e. The molecule has 2 aromatic heterocycles. The summed E-state index contributed by atoms with van der Waals surface area (Å²) in [6.07, 6.45) is 0. The van der Waals surface area contributed by atoms with Crippen LogP contribution in [0.25, 0.3) is 86.3 Å². The van der Waals surface area contributed by atoms with Crippen molar-refractivity contribution >= 4 is 81.3 Å². The molecule has 11 rings (SSSR count). The molecule has 258 valence electrons. The lowest BCUT2D eigenvalue weighted by Crippen LogP contribution is -2.09. The Morgan fingerprint density at radius 2 is 0.909 bits per heavy atom. The van der Waals surface area contributed by atoms with Gasteiger partial charge in [0.25, 0.3) is 0 Å². The van der Waals surface area contributed by atoms with Crippen molar-refractivity contribution in [2.24, 2.45) is 0 Å². The van der Waals surface area contributed by atoms with Crippen LogP contribution in [0.4, 0.5) is 17.1 Å². The fourth-order valence-corrected chi connectivity index (χ4v) is 9.49. The molecule has 9 aromatic carbocycles. The first-order chi connectivity index (χ1) is 27.3. The van der Waals surface area contributed by atoms with Crippen LogP contribution < -0.4 is 4.90 Å². The molecule has 2 nitrogen and oxygen atoms in total. The van der Waals surface area contributed by atoms with Crippen LogP contribution in [-0.4, -0.2) is 0 Å². The Morgan fingerprint density at radius 3 is 1.67 bits per heavy atom. The van der Waals surface area contributed by atoms with Crippen molar-refractivity contribution in [2.75, 3.05) is 4.90 Å². The van der Waals surface area contributed by atoms with Gasteiger partial charge in [-0.05, 0) is 99.4 Å². The predicted molar refractivity (Wildman–Crippen MR) is 235 cm³/mol. The maximum atomic E-state index is 6.77. The van der Waals surface area contributed by atoms with Crippen molar-refractivity contribution in [1.82, 2.24) is 0 Å². The predicted octanol–water partition coefficient (Wildman–Crippen LogP) is 15.6. The van der Waals surface area contributed by atoms with E-state index in [4.69, 9.17) is 4.42 Å². The summed E-state index contributed by atoms with van der Waals surface area (Å²) in [6.45, 7) is 0. The van der Waals surface area contributed by atoms with E-state index in [9.17, 15) is 0 Å². The van der Waals surface area contributed by atoms with E-state index in [1.54, 1.807) is 0 Å². The van der Waals surface area contributed by atoms with Crippen LogP contribution in [0.1, 0.15) is 0 Å². The maximum absolute atomic E-state index is 6.77. The first-order valence-corrected chi connectivity index (χ1v) is 19.5. The number of hydrogen-bond donors (Lipinski definition) is 0. The number of fused-ring (bicyclic) bond motifs is 8. The minimum absolute atomic E-state index is 0.891. The number of thiophene rings is 1. The summed E-state index contributed by atoms with van der Waals surface area (Å²) in [5, 5.41) is 7.20. The molecule has 0 saturated heterocycles. The van der Waals surface area contributed by atoms with Gasteiger partial charge in [0.1, 0.15) is 11.2 Å². The van der Waals surface area contributed by atoms with Gasteiger partial charge in [-0.2, -0.15) is 0 Å². The van der Waals surface area contributed by atoms with Crippen LogP contribution in [0.3, 0.4) is 0 Å². The molecule has 11 aromatic rings. The van der Waals surface area contributed by atoms with Gasteiger partial charge in [-0.1, -0.05) is 140 Å². The van der Waals surface area contributed by atoms with Crippen LogP contribution in [0.15, 0.2) is 205 Å². The molecule has 0 aliphatic carbocycles. The number of furan rings is 1. The van der Waals surface area contributed by atoms with Crippen molar-refractivity contribution in [1.29, 1.82) is 0 Å². The zero-order valence-corrected chi connectivity index (χ0v) is 30.6. The minimum Gasteiger partial charge on any atom is -0.455 e. The second kappa shape index (κ2) is 12.9. The largest absolute Gasteiger partial charge is 0.455 e. The van der Waals surface area contributed by atoms with Crippen LogP contribution >= 0.6 is 11.3 Å². The van der Waals surface area contributed by atoms with Crippen molar-refractivity contribution in [3.8, 4) is 33.4 Å². The molecule has 0 saturated carbocycles. The second-order valence-corrected chi connectivity index (χ2v) is 15.1. The van der Waals surface area contributed by atoms with Gasteiger partial charge in [-0.15, -0.1) is 11.3 Å². The summed E-state index contributed by atoms with van der Waals surface area (Å²) in [4.78, 5) is 2.32. The molecule has 0 aliphatic rings. The number of benzene rings is 9. The summed E-state index contributed by atoms with van der Waals surface area (Å²) < 4.78 is 9.39. The van der Waals surface area contributed by atoms with E-state index in [2.05, 4.69) is 205 Å². The summed E-state index contributed by atoms with van der Waals surface area (Å²) in [5.74, 6) is 0. The van der Waals surface area contributed by atoms with Crippen molar-refractivity contribution in [2.45, 2.75) is 0 Å². The van der Waals surface area contributed by atoms with Crippen molar-refractivity contribution < 1.29 is 4.42 Å². The molecular formula is C52H33NOS. The van der Waals surface area contributed by atoms with E-state index in [1.165, 1.54) is 47.8 Å². The molecule has 0 unspecified atom stereocenters. The zero-order chi connectivity index (χ0) is 36.3. The third kappa shape index (κ3) is 5.24. The summed E-state index contributed by atoms with van der Waals surface area (Å²) in [5.41, 5.74) is 12.3. The molecule has 0 fully saturated rings. The second-order valence-electron chi connectivity index (χ2n) is 14.0. The Bertz CT molecular complexity index is 3180. The molecule has 0 amide bonds. The van der Waals surface area contributed by atoms with Crippen LogP contribution in [0.5, 0.6) is 0 Å². The van der Waals surface area contributed by atoms with Crippen LogP contribution in [0.2, 0.25) is 0 Å². The molecule has 0 N–H and O–H groups in total. The van der Waals surface area contributed by atoms with Gasteiger partial charge in [0, 0.05) is 53.4 Å². The lowest BCUT2D eigenvalue weighted by atomic mass is 9.91. The SMILES string of the molecule is c1ccc(-c2ccc(N(c3ccccc3)c3ccc(-c4cccc5oc6c7ccccc7c(-c7cccc8sc9ccccc9c78)cc6c45)cc3)cc2)cc1. The first kappa shape index (κ1) is 31.6. The fourth-order valence-electron chi connectivity index (χ4n) is 8.36. The molecule has 0 bridgehead atoms. The highest BCUT2D eigenvalue weighted by Crippen LogP contribution is 2.47. The summed E-state index contributed by atoms with van der Waals surface area (Å²) >= 11 is 1.86. The normalized spacial score (nSPS) is 11.6. The van der Waals surface area contributed by atoms with Crippen molar-refractivity contribution in [3.05, 3.63) is 200 Å². The van der Waals surface area contributed by atoms with Crippen LogP contribution in [-0.2, 0) is 0 Å². The summed E-state index contributed by atoms with van der Waals surface area (Å²) in [6, 6.07) is 71.9. The fraction of sp³-hybridized carbons (Fsp3) is 0. The molecule has 3 heteroatoms. The Hall–Kier alpha value is -6.94. The highest BCUT2D eigenvalue weighted by atomic mass is 32.1. The van der Waals surface area contributed by atoms with E-state index >= 15 is 0 Å². The maximum Gasteiger partial charge on any atom is 0.143 e. The Kier molecular flexibility index (Phi) is 7.39. The number of para-hydroxylation sites is 1. The van der Waals surface area contributed by atoms with E-state index in [-0.39, 0.29) is 0 Å². The lowest BCUT2D eigenvalue weighted by Gasteiger charge is -2.26. The molecular weight excluding hydrogens is 687 g/mol. The van der Waals surface area contributed by atoms with Gasteiger partial charge in [0.2, 0.25) is 0 Å². The van der Waals surface area contributed by atoms with Gasteiger partial charge in [-0.25, -0.2) is 0 Å². The molecule has 55 heavy (non-hydrogen) atoms. The van der Waals surface area contributed by atoms with Gasteiger partial charge >= 0.3 is 0 Å². The molecule has 2 heterocycles. The van der Waals surface area contributed by atoms with Crippen LogP contribution in [0, 0.1) is 0 Å². The minimum atomic E-state index is 0.891. The molecule has 0 aliphatic heterocycles. The molecule has 0 radical (unpaired) electrons. The van der Waals surface area contributed by atoms with E-state index in [1.807, 2.05) is 11.3 Å². The average Bonchev–Trinajstić information content (AvgIpc) is 3.84. The number of nitrogens with zero attached hydrogens (tertiary/aromatic N) is 1. The highest BCUT2D eigenvalue weighted by Gasteiger charge is 2.20. The van der Waals surface area contributed by atoms with Gasteiger partial charge in [0.15, 0.2) is 0 Å². The van der Waals surface area contributed by atoms with Gasteiger partial charge < -0.3 is 9.32 Å². The third-order valence-electron chi connectivity index (χ3n) is 10.9. The monoisotopic (exact) mass is 719 g/mol. The number of hydrogen-bond acceptors (Lipinski definition) is 3. The Labute approximate surface area is 322 Å². The third-order valence-corrected chi connectivity index (χ3v) is 12.0. The van der Waals surface area contributed by atoms with E-state index in [0.29, 0.717) is 0 Å². The topological polar surface area (TPSA) is 16.4 Å². The lowest BCUT2D eigenvalue weighted by molar-refractivity contribution is 0.673. The van der Waals surface area contributed by atoms with Gasteiger partial charge in [0.05, 0.1) is 0 Å². The standard InChI is InChI=1S/C52H33NOS/c1-3-13-34(14-4-1)35-25-29-38(30-26-35)53(37-15-5-2-6-16-37)39-31-27-36(28-32-39)40-20-11-22-47-50(40)46-33-45(41-17-7-8-18-43(41)52(46)54-47)42-21-12-24-49-51(42)44-19-9-10-23-48(44)55-49/h1-33H. The number of rotatable bonds is 6. The van der Waals surface area contributed by atoms with E-state index < -0.39 is 0 Å². The first-order valence-electron chi connectivity index (χ1n) is 18.7. The molecule has 0 spiro atoms. The van der Waals surface area contributed by atoms with E-state index in [0.717, 1.165) is 55.5 Å². The number of anilines is 3. The average molecular weight is 720 g/mol. The Morgan fingerprint density at radius 1 is 0.345 bits per heavy atom. The zero-order valence-electron chi connectivity index (χ0n) is 29.8.